The van der Waals surface area contributed by atoms with Crippen molar-refractivity contribution in [3.63, 3.8) is 0 Å². The molecular formula is C16H23N3O2. The van der Waals surface area contributed by atoms with Crippen LogP contribution in [0.3, 0.4) is 0 Å². The van der Waals surface area contributed by atoms with Crippen molar-refractivity contribution >= 4 is 5.91 Å². The first kappa shape index (κ1) is 17.0. The molecule has 21 heavy (non-hydrogen) atoms. The molecule has 0 saturated heterocycles. The lowest BCUT2D eigenvalue weighted by atomic mass is 10.1. The Morgan fingerprint density at radius 2 is 2.05 bits per heavy atom. The molecule has 1 rings (SSSR count). The van der Waals surface area contributed by atoms with Gasteiger partial charge < -0.3 is 15.4 Å². The van der Waals surface area contributed by atoms with Crippen molar-refractivity contribution in [2.24, 2.45) is 0 Å². The van der Waals surface area contributed by atoms with E-state index in [0.29, 0.717) is 24.8 Å². The van der Waals surface area contributed by atoms with Gasteiger partial charge in [-0.05, 0) is 37.6 Å². The molecule has 0 aliphatic rings. The Morgan fingerprint density at radius 1 is 1.33 bits per heavy atom. The SMILES string of the molecule is CCCNC(C)c1ccc(OCC(=O)NCCC#N)cc1. The summed E-state index contributed by atoms with van der Waals surface area (Å²) in [6.07, 6.45) is 1.41. The number of hydrogen-bond acceptors (Lipinski definition) is 4. The normalized spacial score (nSPS) is 11.5. The van der Waals surface area contributed by atoms with Crippen molar-refractivity contribution in [2.45, 2.75) is 32.7 Å². The number of rotatable bonds is 9. The third-order valence-electron chi connectivity index (χ3n) is 3.01. The van der Waals surface area contributed by atoms with E-state index >= 15 is 0 Å². The smallest absolute Gasteiger partial charge is 0.257 e. The van der Waals surface area contributed by atoms with E-state index in [0.717, 1.165) is 13.0 Å². The summed E-state index contributed by atoms with van der Waals surface area (Å²) in [7, 11) is 0. The monoisotopic (exact) mass is 289 g/mol. The molecule has 0 bridgehead atoms. The minimum atomic E-state index is -0.215. The third-order valence-corrected chi connectivity index (χ3v) is 3.01. The van der Waals surface area contributed by atoms with Gasteiger partial charge in [-0.25, -0.2) is 0 Å². The molecule has 1 aromatic carbocycles. The Hall–Kier alpha value is -2.06. The molecule has 1 amide bonds. The minimum absolute atomic E-state index is 0.0333. The van der Waals surface area contributed by atoms with Gasteiger partial charge in [-0.3, -0.25) is 4.79 Å². The summed E-state index contributed by atoms with van der Waals surface area (Å²) in [6, 6.07) is 9.98. The number of carbonyl (C=O) groups excluding carboxylic acids is 1. The summed E-state index contributed by atoms with van der Waals surface area (Å²) in [5.74, 6) is 0.448. The molecule has 0 saturated carbocycles. The predicted molar refractivity (Wildman–Crippen MR) is 81.9 cm³/mol. The van der Waals surface area contributed by atoms with Crippen LogP contribution in [0.15, 0.2) is 24.3 Å². The van der Waals surface area contributed by atoms with Crippen LogP contribution >= 0.6 is 0 Å². The zero-order valence-electron chi connectivity index (χ0n) is 12.7. The number of ether oxygens (including phenoxy) is 1. The highest BCUT2D eigenvalue weighted by molar-refractivity contribution is 5.77. The molecule has 0 spiro atoms. The molecule has 5 heteroatoms. The van der Waals surface area contributed by atoms with Gasteiger partial charge in [0.05, 0.1) is 12.5 Å². The summed E-state index contributed by atoms with van der Waals surface area (Å²) in [5, 5.41) is 14.4. The topological polar surface area (TPSA) is 74.2 Å². The third kappa shape index (κ3) is 6.77. The van der Waals surface area contributed by atoms with Crippen molar-refractivity contribution < 1.29 is 9.53 Å². The maximum atomic E-state index is 11.4. The highest BCUT2D eigenvalue weighted by Gasteiger charge is 2.05. The molecule has 2 N–H and O–H groups in total. The van der Waals surface area contributed by atoms with Crippen LogP contribution in [0.25, 0.3) is 0 Å². The summed E-state index contributed by atoms with van der Waals surface area (Å²) < 4.78 is 5.40. The van der Waals surface area contributed by atoms with Gasteiger partial charge in [0.2, 0.25) is 0 Å². The fourth-order valence-corrected chi connectivity index (χ4v) is 1.79. The van der Waals surface area contributed by atoms with Crippen LogP contribution in [0.2, 0.25) is 0 Å². The van der Waals surface area contributed by atoms with Crippen LogP contribution < -0.4 is 15.4 Å². The zero-order valence-corrected chi connectivity index (χ0v) is 12.7. The van der Waals surface area contributed by atoms with Crippen molar-refractivity contribution in [1.29, 1.82) is 5.26 Å². The molecule has 0 heterocycles. The maximum Gasteiger partial charge on any atom is 0.257 e. The van der Waals surface area contributed by atoms with E-state index in [1.807, 2.05) is 30.3 Å². The van der Waals surface area contributed by atoms with Crippen molar-refractivity contribution in [3.05, 3.63) is 29.8 Å². The van der Waals surface area contributed by atoms with E-state index in [2.05, 4.69) is 24.5 Å². The second-order valence-electron chi connectivity index (χ2n) is 4.79. The first-order valence-corrected chi connectivity index (χ1v) is 7.27. The number of hydrogen-bond donors (Lipinski definition) is 2. The lowest BCUT2D eigenvalue weighted by molar-refractivity contribution is -0.123. The summed E-state index contributed by atoms with van der Waals surface area (Å²) in [4.78, 5) is 11.4. The molecule has 1 aromatic rings. The summed E-state index contributed by atoms with van der Waals surface area (Å²) in [6.45, 7) is 5.57. The number of nitrogens with zero attached hydrogens (tertiary/aromatic N) is 1. The number of amides is 1. The quantitative estimate of drug-likeness (QED) is 0.683. The van der Waals surface area contributed by atoms with Crippen LogP contribution in [0.5, 0.6) is 5.75 Å². The van der Waals surface area contributed by atoms with Crippen molar-refractivity contribution in [3.8, 4) is 11.8 Å². The molecule has 0 fully saturated rings. The lowest BCUT2D eigenvalue weighted by Gasteiger charge is -2.14. The van der Waals surface area contributed by atoms with Crippen molar-refractivity contribution in [2.75, 3.05) is 19.7 Å². The molecule has 0 aliphatic carbocycles. The molecule has 5 nitrogen and oxygen atoms in total. The van der Waals surface area contributed by atoms with E-state index in [1.165, 1.54) is 5.56 Å². The van der Waals surface area contributed by atoms with Crippen LogP contribution in [0.4, 0.5) is 0 Å². The highest BCUT2D eigenvalue weighted by Crippen LogP contribution is 2.17. The van der Waals surface area contributed by atoms with Crippen LogP contribution in [0, 0.1) is 11.3 Å². The van der Waals surface area contributed by atoms with Crippen LogP contribution in [-0.4, -0.2) is 25.6 Å². The largest absolute Gasteiger partial charge is 0.484 e. The van der Waals surface area contributed by atoms with E-state index in [1.54, 1.807) is 0 Å². The van der Waals surface area contributed by atoms with Gasteiger partial charge in [-0.2, -0.15) is 5.26 Å². The Kier molecular flexibility index (Phi) is 7.92. The average molecular weight is 289 g/mol. The Balaban J connectivity index is 2.37. The molecule has 1 unspecified atom stereocenters. The molecule has 0 aromatic heterocycles. The van der Waals surface area contributed by atoms with Crippen LogP contribution in [-0.2, 0) is 4.79 Å². The fraction of sp³-hybridized carbons (Fsp3) is 0.500. The maximum absolute atomic E-state index is 11.4. The van der Waals surface area contributed by atoms with E-state index in [-0.39, 0.29) is 12.5 Å². The van der Waals surface area contributed by atoms with E-state index in [9.17, 15) is 4.79 Å². The van der Waals surface area contributed by atoms with E-state index in [4.69, 9.17) is 10.00 Å². The second kappa shape index (κ2) is 9.78. The second-order valence-corrected chi connectivity index (χ2v) is 4.79. The van der Waals surface area contributed by atoms with Gasteiger partial charge in [0.15, 0.2) is 6.61 Å². The standard InChI is InChI=1S/C16H23N3O2/c1-3-10-18-13(2)14-5-7-15(8-6-14)21-12-16(20)19-11-4-9-17/h5-8,13,18H,3-4,10-12H2,1-2H3,(H,19,20). The Morgan fingerprint density at radius 3 is 2.67 bits per heavy atom. The van der Waals surface area contributed by atoms with Gasteiger partial charge in [-0.1, -0.05) is 19.1 Å². The molecule has 1 atom stereocenters. The van der Waals surface area contributed by atoms with Gasteiger partial charge >= 0.3 is 0 Å². The molecule has 0 aliphatic heterocycles. The van der Waals surface area contributed by atoms with Crippen LogP contribution in [0.1, 0.15) is 38.3 Å². The fourth-order valence-electron chi connectivity index (χ4n) is 1.79. The van der Waals surface area contributed by atoms with Gasteiger partial charge in [0, 0.05) is 12.6 Å². The Labute approximate surface area is 126 Å². The lowest BCUT2D eigenvalue weighted by Crippen LogP contribution is -2.29. The zero-order chi connectivity index (χ0) is 15.5. The number of benzene rings is 1. The first-order valence-electron chi connectivity index (χ1n) is 7.27. The summed E-state index contributed by atoms with van der Waals surface area (Å²) >= 11 is 0. The predicted octanol–water partition coefficient (Wildman–Crippen LogP) is 2.16. The summed E-state index contributed by atoms with van der Waals surface area (Å²) in [5.41, 5.74) is 1.19. The number of carbonyl (C=O) groups is 1. The first-order chi connectivity index (χ1) is 10.2. The van der Waals surface area contributed by atoms with Gasteiger partial charge in [0.25, 0.3) is 5.91 Å². The number of nitrogens with one attached hydrogen (secondary N) is 2. The Bertz CT molecular complexity index is 465. The molecule has 114 valence electrons. The number of nitriles is 1. The minimum Gasteiger partial charge on any atom is -0.484 e. The van der Waals surface area contributed by atoms with Gasteiger partial charge in [-0.15, -0.1) is 0 Å². The highest BCUT2D eigenvalue weighted by atomic mass is 16.5. The molecule has 0 radical (unpaired) electrons. The van der Waals surface area contributed by atoms with Gasteiger partial charge in [0.1, 0.15) is 5.75 Å². The van der Waals surface area contributed by atoms with Crippen molar-refractivity contribution in [1.82, 2.24) is 10.6 Å². The van der Waals surface area contributed by atoms with E-state index < -0.39 is 0 Å². The average Bonchev–Trinajstić information content (AvgIpc) is 2.51. The molecular weight excluding hydrogens is 266 g/mol.